The van der Waals surface area contributed by atoms with Gasteiger partial charge in [0.2, 0.25) is 0 Å². The van der Waals surface area contributed by atoms with Crippen molar-refractivity contribution >= 4 is 16.7 Å². The molecule has 3 rings (SSSR count). The number of unbranched alkanes of at least 4 members (excludes halogenated alkanes) is 3. The van der Waals surface area contributed by atoms with E-state index < -0.39 is 0 Å². The van der Waals surface area contributed by atoms with E-state index in [-0.39, 0.29) is 24.5 Å². The van der Waals surface area contributed by atoms with E-state index in [1.165, 1.54) is 0 Å². The standard InChI is InChI=1S/C23H38N4O4/c1-4-7-12-28-16-19-20(29-13-8-5-2)21(30-14-9-6-3)23(31-19)27-11-10-17-18(27)15-25-26-22(17)24/h10-11,15,19-21,23H,4-9,12-14,16H2,1-3H3,(H2,24,26). The second-order valence-electron chi connectivity index (χ2n) is 8.12. The predicted molar refractivity (Wildman–Crippen MR) is 121 cm³/mol. The topological polar surface area (TPSA) is 93.7 Å². The maximum Gasteiger partial charge on any atom is 0.163 e. The Morgan fingerprint density at radius 3 is 2.39 bits per heavy atom. The van der Waals surface area contributed by atoms with Crippen LogP contribution in [0.25, 0.3) is 10.9 Å². The van der Waals surface area contributed by atoms with Gasteiger partial charge in [-0.15, -0.1) is 5.10 Å². The summed E-state index contributed by atoms with van der Waals surface area (Å²) in [6.45, 7) is 9.04. The number of nitrogens with two attached hydrogens (primary N) is 1. The number of rotatable bonds is 14. The van der Waals surface area contributed by atoms with Crippen LogP contribution in [0.5, 0.6) is 0 Å². The highest BCUT2D eigenvalue weighted by molar-refractivity contribution is 5.88. The van der Waals surface area contributed by atoms with Crippen molar-refractivity contribution in [3.8, 4) is 0 Å². The summed E-state index contributed by atoms with van der Waals surface area (Å²) < 4.78 is 27.2. The second kappa shape index (κ2) is 12.3. The Labute approximate surface area is 185 Å². The third-order valence-corrected chi connectivity index (χ3v) is 5.68. The molecule has 2 aromatic rings. The second-order valence-corrected chi connectivity index (χ2v) is 8.12. The Kier molecular flexibility index (Phi) is 9.52. The molecule has 0 saturated carbocycles. The van der Waals surface area contributed by atoms with Crippen molar-refractivity contribution in [1.29, 1.82) is 0 Å². The molecule has 8 nitrogen and oxygen atoms in total. The zero-order valence-electron chi connectivity index (χ0n) is 19.2. The lowest BCUT2D eigenvalue weighted by molar-refractivity contribution is -0.0803. The highest BCUT2D eigenvalue weighted by atomic mass is 16.6. The summed E-state index contributed by atoms with van der Waals surface area (Å²) >= 11 is 0. The van der Waals surface area contributed by atoms with Crippen LogP contribution in [0.4, 0.5) is 5.82 Å². The molecule has 0 radical (unpaired) electrons. The van der Waals surface area contributed by atoms with Crippen LogP contribution in [0.1, 0.15) is 65.5 Å². The molecule has 3 heterocycles. The molecule has 0 aromatic carbocycles. The third kappa shape index (κ3) is 5.94. The van der Waals surface area contributed by atoms with Gasteiger partial charge in [-0.25, -0.2) is 0 Å². The maximum atomic E-state index is 6.52. The molecule has 1 fully saturated rings. The van der Waals surface area contributed by atoms with Crippen molar-refractivity contribution in [2.75, 3.05) is 32.2 Å². The van der Waals surface area contributed by atoms with Gasteiger partial charge < -0.3 is 29.2 Å². The minimum absolute atomic E-state index is 0.195. The van der Waals surface area contributed by atoms with Gasteiger partial charge >= 0.3 is 0 Å². The lowest BCUT2D eigenvalue weighted by Gasteiger charge is -2.25. The number of hydrogen-bond acceptors (Lipinski definition) is 7. The third-order valence-electron chi connectivity index (χ3n) is 5.68. The summed E-state index contributed by atoms with van der Waals surface area (Å²) in [6, 6.07) is 1.95. The van der Waals surface area contributed by atoms with Crippen LogP contribution >= 0.6 is 0 Å². The van der Waals surface area contributed by atoms with E-state index in [9.17, 15) is 0 Å². The molecular weight excluding hydrogens is 396 g/mol. The number of ether oxygens (including phenoxy) is 4. The quantitative estimate of drug-likeness (QED) is 0.447. The molecule has 4 unspecified atom stereocenters. The number of fused-ring (bicyclic) bond motifs is 1. The molecule has 2 N–H and O–H groups in total. The fourth-order valence-electron chi connectivity index (χ4n) is 3.85. The summed E-state index contributed by atoms with van der Waals surface area (Å²) in [5.74, 6) is 0.410. The number of hydrogen-bond donors (Lipinski definition) is 1. The van der Waals surface area contributed by atoms with Crippen LogP contribution in [-0.4, -0.2) is 59.5 Å². The monoisotopic (exact) mass is 434 g/mol. The van der Waals surface area contributed by atoms with Crippen molar-refractivity contribution < 1.29 is 18.9 Å². The van der Waals surface area contributed by atoms with Crippen molar-refractivity contribution in [3.63, 3.8) is 0 Å². The zero-order chi connectivity index (χ0) is 22.1. The molecule has 0 aliphatic carbocycles. The zero-order valence-corrected chi connectivity index (χ0v) is 19.2. The average molecular weight is 435 g/mol. The lowest BCUT2D eigenvalue weighted by atomic mass is 10.1. The molecule has 4 atom stereocenters. The van der Waals surface area contributed by atoms with Crippen molar-refractivity contribution in [2.24, 2.45) is 0 Å². The van der Waals surface area contributed by atoms with E-state index in [1.54, 1.807) is 6.20 Å². The van der Waals surface area contributed by atoms with E-state index in [2.05, 4.69) is 31.0 Å². The van der Waals surface area contributed by atoms with Crippen LogP contribution in [0.2, 0.25) is 0 Å². The Bertz CT molecular complexity index is 784. The molecule has 0 amide bonds. The summed E-state index contributed by atoms with van der Waals surface area (Å²) in [7, 11) is 0. The Morgan fingerprint density at radius 2 is 1.68 bits per heavy atom. The van der Waals surface area contributed by atoms with Gasteiger partial charge in [0.1, 0.15) is 18.3 Å². The van der Waals surface area contributed by atoms with Gasteiger partial charge in [-0.1, -0.05) is 40.0 Å². The highest BCUT2D eigenvalue weighted by Gasteiger charge is 2.47. The normalized spacial score (nSPS) is 23.7. The smallest absolute Gasteiger partial charge is 0.163 e. The minimum atomic E-state index is -0.343. The van der Waals surface area contributed by atoms with Gasteiger partial charge in [0.05, 0.1) is 18.3 Å². The van der Waals surface area contributed by atoms with E-state index in [4.69, 9.17) is 24.7 Å². The minimum Gasteiger partial charge on any atom is -0.382 e. The van der Waals surface area contributed by atoms with Crippen molar-refractivity contribution in [1.82, 2.24) is 14.8 Å². The van der Waals surface area contributed by atoms with E-state index >= 15 is 0 Å². The molecule has 1 aliphatic rings. The highest BCUT2D eigenvalue weighted by Crippen LogP contribution is 2.37. The van der Waals surface area contributed by atoms with Gasteiger partial charge in [-0.3, -0.25) is 0 Å². The molecule has 2 aromatic heterocycles. The Morgan fingerprint density at radius 1 is 1.00 bits per heavy atom. The van der Waals surface area contributed by atoms with Crippen molar-refractivity contribution in [3.05, 3.63) is 18.5 Å². The van der Waals surface area contributed by atoms with Gasteiger partial charge in [0.15, 0.2) is 12.0 Å². The molecular formula is C23H38N4O4. The molecule has 174 valence electrons. The molecule has 31 heavy (non-hydrogen) atoms. The molecule has 0 spiro atoms. The van der Waals surface area contributed by atoms with Crippen LogP contribution in [-0.2, 0) is 18.9 Å². The van der Waals surface area contributed by atoms with Crippen LogP contribution < -0.4 is 5.73 Å². The van der Waals surface area contributed by atoms with Crippen LogP contribution in [0, 0.1) is 0 Å². The van der Waals surface area contributed by atoms with E-state index in [1.807, 2.05) is 16.8 Å². The lowest BCUT2D eigenvalue weighted by Crippen LogP contribution is -2.39. The summed E-state index contributed by atoms with van der Waals surface area (Å²) in [4.78, 5) is 0. The van der Waals surface area contributed by atoms with Gasteiger partial charge in [0, 0.05) is 31.4 Å². The first-order valence-electron chi connectivity index (χ1n) is 11.7. The number of anilines is 1. The largest absolute Gasteiger partial charge is 0.382 e. The van der Waals surface area contributed by atoms with Crippen molar-refractivity contribution in [2.45, 2.75) is 83.8 Å². The first-order chi connectivity index (χ1) is 15.2. The predicted octanol–water partition coefficient (Wildman–Crippen LogP) is 4.10. The SMILES string of the molecule is CCCCOCC1OC(n2ccc3c(N)nncc32)C(OCCCC)C1OCCCC. The summed E-state index contributed by atoms with van der Waals surface area (Å²) in [5, 5.41) is 8.86. The van der Waals surface area contributed by atoms with Gasteiger partial charge in [-0.05, 0) is 25.3 Å². The maximum absolute atomic E-state index is 6.52. The van der Waals surface area contributed by atoms with E-state index in [0.717, 1.165) is 56.0 Å². The Hall–Kier alpha value is -1.74. The first-order valence-corrected chi connectivity index (χ1v) is 11.7. The van der Waals surface area contributed by atoms with E-state index in [0.29, 0.717) is 25.6 Å². The molecule has 1 aliphatic heterocycles. The average Bonchev–Trinajstić information content (AvgIpc) is 3.34. The number of aromatic nitrogens is 3. The van der Waals surface area contributed by atoms with Crippen LogP contribution in [0.15, 0.2) is 18.5 Å². The van der Waals surface area contributed by atoms with Gasteiger partial charge in [-0.2, -0.15) is 5.10 Å². The first kappa shape index (κ1) is 23.9. The molecule has 0 bridgehead atoms. The summed E-state index contributed by atoms with van der Waals surface area (Å²) in [5.41, 5.74) is 6.90. The number of nitrogen functional groups attached to an aromatic ring is 1. The van der Waals surface area contributed by atoms with Gasteiger partial charge in [0.25, 0.3) is 0 Å². The number of nitrogens with zero attached hydrogens (tertiary/aromatic N) is 3. The molecule has 8 heteroatoms. The Balaban J connectivity index is 1.85. The fourth-order valence-corrected chi connectivity index (χ4v) is 3.85. The summed E-state index contributed by atoms with van der Waals surface area (Å²) in [6.07, 6.45) is 8.99. The molecule has 1 saturated heterocycles. The fraction of sp³-hybridized carbons (Fsp3) is 0.739. The van der Waals surface area contributed by atoms with Crippen LogP contribution in [0.3, 0.4) is 0 Å².